The molecule has 2 N–H and O–H groups in total. The maximum atomic E-state index is 12.4. The van der Waals surface area contributed by atoms with E-state index in [1.807, 2.05) is 6.08 Å². The molecule has 19 heavy (non-hydrogen) atoms. The smallest absolute Gasteiger partial charge is 0.383 e. The van der Waals surface area contributed by atoms with Gasteiger partial charge in [0.25, 0.3) is 0 Å². The summed E-state index contributed by atoms with van der Waals surface area (Å²) >= 11 is 0. The number of hydrogen-bond acceptors (Lipinski definition) is 3. The summed E-state index contributed by atoms with van der Waals surface area (Å²) in [6.07, 6.45) is 2.39. The molecule has 0 atom stereocenters. The van der Waals surface area contributed by atoms with E-state index in [9.17, 15) is 18.0 Å². The second-order valence-electron chi connectivity index (χ2n) is 4.20. The minimum absolute atomic E-state index is 0.202. The first kappa shape index (κ1) is 13.4. The van der Waals surface area contributed by atoms with Gasteiger partial charge >= 0.3 is 11.9 Å². The molecule has 1 aromatic heterocycles. The van der Waals surface area contributed by atoms with E-state index in [1.54, 1.807) is 12.2 Å². The van der Waals surface area contributed by atoms with Crippen molar-refractivity contribution >= 4 is 11.5 Å². The van der Waals surface area contributed by atoms with Crippen LogP contribution in [0.1, 0.15) is 18.4 Å². The average molecular weight is 271 g/mol. The number of alkyl halides is 3. The van der Waals surface area contributed by atoms with Crippen molar-refractivity contribution in [3.05, 3.63) is 40.5 Å². The van der Waals surface area contributed by atoms with Crippen LogP contribution in [0.3, 0.4) is 0 Å². The minimum Gasteiger partial charge on any atom is -0.383 e. The van der Waals surface area contributed by atoms with Crippen molar-refractivity contribution in [3.8, 4) is 0 Å². The zero-order valence-electron chi connectivity index (χ0n) is 9.94. The monoisotopic (exact) mass is 271 g/mol. The van der Waals surface area contributed by atoms with Gasteiger partial charge in [-0.1, -0.05) is 12.2 Å². The largest absolute Gasteiger partial charge is 0.393 e. The van der Waals surface area contributed by atoms with Gasteiger partial charge in [0.2, 0.25) is 0 Å². The lowest BCUT2D eigenvalue weighted by Gasteiger charge is -2.13. The number of nitrogens with two attached hydrogens (primary N) is 1. The summed E-state index contributed by atoms with van der Waals surface area (Å²) in [4.78, 5) is 15.1. The lowest BCUT2D eigenvalue weighted by molar-refractivity contribution is -0.127. The van der Waals surface area contributed by atoms with Crippen LogP contribution in [0, 0.1) is 0 Å². The predicted octanol–water partition coefficient (Wildman–Crippen LogP) is 2.12. The highest BCUT2D eigenvalue weighted by Gasteiger charge is 2.29. The Morgan fingerprint density at radius 3 is 2.68 bits per heavy atom. The third kappa shape index (κ3) is 3.24. The lowest BCUT2D eigenvalue weighted by Crippen LogP contribution is -2.26. The zero-order chi connectivity index (χ0) is 14.0. The Morgan fingerprint density at radius 1 is 1.37 bits per heavy atom. The van der Waals surface area contributed by atoms with E-state index in [1.165, 1.54) is 0 Å². The molecule has 7 heteroatoms. The van der Waals surface area contributed by atoms with Crippen molar-refractivity contribution in [3.63, 3.8) is 0 Å². The number of allylic oxidation sites excluding steroid dienone is 4. The fraction of sp³-hybridized carbons (Fsp3) is 0.333. The van der Waals surface area contributed by atoms with Gasteiger partial charge in [0, 0.05) is 17.5 Å². The third-order valence-electron chi connectivity index (χ3n) is 2.68. The third-order valence-corrected chi connectivity index (χ3v) is 2.68. The van der Waals surface area contributed by atoms with Crippen LogP contribution >= 0.6 is 0 Å². The molecule has 1 aromatic rings. The van der Waals surface area contributed by atoms with Crippen LogP contribution in [0.4, 0.5) is 19.0 Å². The molecule has 2 rings (SSSR count). The molecule has 0 saturated carbocycles. The van der Waals surface area contributed by atoms with Gasteiger partial charge in [-0.25, -0.2) is 4.79 Å². The van der Waals surface area contributed by atoms with Crippen LogP contribution in [0.5, 0.6) is 0 Å². The summed E-state index contributed by atoms with van der Waals surface area (Å²) in [7, 11) is 0. The predicted molar refractivity (Wildman–Crippen MR) is 65.3 cm³/mol. The van der Waals surface area contributed by atoms with E-state index in [-0.39, 0.29) is 11.4 Å². The molecule has 1 aliphatic carbocycles. The fourth-order valence-corrected chi connectivity index (χ4v) is 1.82. The minimum atomic E-state index is -4.39. The first-order valence-electron chi connectivity index (χ1n) is 5.69. The second kappa shape index (κ2) is 4.91. The summed E-state index contributed by atoms with van der Waals surface area (Å²) in [5.41, 5.74) is 5.00. The zero-order valence-corrected chi connectivity index (χ0v) is 9.94. The summed E-state index contributed by atoms with van der Waals surface area (Å²) in [5.74, 6) is -0.376. The van der Waals surface area contributed by atoms with Crippen molar-refractivity contribution in [2.75, 3.05) is 5.73 Å². The molecule has 4 nitrogen and oxygen atoms in total. The van der Waals surface area contributed by atoms with Gasteiger partial charge < -0.3 is 5.73 Å². The standard InChI is InChI=1S/C12H12F3N3O/c13-12(14,15)6-8-7-18(11(19)17-10(8)16)9-4-2-1-3-5-9/h2,4-5,7H,1,3,6H2,(H2,16,17,19). The Labute approximate surface area is 107 Å². The molecule has 0 bridgehead atoms. The van der Waals surface area contributed by atoms with Gasteiger partial charge in [0.1, 0.15) is 5.82 Å². The molecule has 0 aliphatic heterocycles. The number of nitrogen functional groups attached to an aromatic ring is 1. The quantitative estimate of drug-likeness (QED) is 0.896. The Balaban J connectivity index is 2.45. The molecule has 0 aromatic carbocycles. The van der Waals surface area contributed by atoms with E-state index in [2.05, 4.69) is 4.98 Å². The van der Waals surface area contributed by atoms with Crippen molar-refractivity contribution in [2.45, 2.75) is 25.4 Å². The highest BCUT2D eigenvalue weighted by molar-refractivity contribution is 5.59. The van der Waals surface area contributed by atoms with Gasteiger partial charge in [-0.05, 0) is 18.9 Å². The SMILES string of the molecule is Nc1nc(=O)n(C2=CCCC=C2)cc1CC(F)(F)F. The fourth-order valence-electron chi connectivity index (χ4n) is 1.82. The molecular weight excluding hydrogens is 259 g/mol. The molecule has 0 fully saturated rings. The van der Waals surface area contributed by atoms with Gasteiger partial charge in [0.15, 0.2) is 0 Å². The second-order valence-corrected chi connectivity index (χ2v) is 4.20. The molecule has 0 spiro atoms. The van der Waals surface area contributed by atoms with E-state index in [0.717, 1.165) is 23.6 Å². The number of anilines is 1. The maximum Gasteiger partial charge on any atom is 0.393 e. The van der Waals surface area contributed by atoms with Crippen LogP contribution in [0.2, 0.25) is 0 Å². The van der Waals surface area contributed by atoms with Crippen molar-refractivity contribution < 1.29 is 13.2 Å². The average Bonchev–Trinajstić information content (AvgIpc) is 2.32. The van der Waals surface area contributed by atoms with Gasteiger partial charge in [0.05, 0.1) is 6.42 Å². The van der Waals surface area contributed by atoms with Crippen molar-refractivity contribution in [1.82, 2.24) is 9.55 Å². The molecule has 102 valence electrons. The first-order chi connectivity index (χ1) is 8.87. The molecule has 0 amide bonds. The van der Waals surface area contributed by atoms with Crippen molar-refractivity contribution in [1.29, 1.82) is 0 Å². The van der Waals surface area contributed by atoms with Crippen LogP contribution in [-0.4, -0.2) is 15.7 Å². The molecular formula is C12H12F3N3O. The van der Waals surface area contributed by atoms with Gasteiger partial charge in [-0.2, -0.15) is 18.2 Å². The number of rotatable bonds is 2. The number of hydrogen-bond donors (Lipinski definition) is 1. The Kier molecular flexibility index (Phi) is 3.46. The van der Waals surface area contributed by atoms with Crippen LogP contribution in [0.25, 0.3) is 5.70 Å². The van der Waals surface area contributed by atoms with Gasteiger partial charge in [-0.15, -0.1) is 0 Å². The Hall–Kier alpha value is -2.05. The first-order valence-corrected chi connectivity index (χ1v) is 5.69. The Morgan fingerprint density at radius 2 is 2.11 bits per heavy atom. The van der Waals surface area contributed by atoms with E-state index in [0.29, 0.717) is 5.70 Å². The number of halogens is 3. The summed E-state index contributed by atoms with van der Waals surface area (Å²) in [6, 6.07) is 0. The summed E-state index contributed by atoms with van der Waals surface area (Å²) in [5, 5.41) is 0. The van der Waals surface area contributed by atoms with E-state index in [4.69, 9.17) is 5.73 Å². The summed E-state index contributed by atoms with van der Waals surface area (Å²) < 4.78 is 38.3. The highest BCUT2D eigenvalue weighted by atomic mass is 19.4. The maximum absolute atomic E-state index is 12.4. The number of aromatic nitrogens is 2. The van der Waals surface area contributed by atoms with Gasteiger partial charge in [-0.3, -0.25) is 4.57 Å². The molecule has 0 radical (unpaired) electrons. The molecule has 1 heterocycles. The van der Waals surface area contributed by atoms with Crippen LogP contribution < -0.4 is 11.4 Å². The normalized spacial score (nSPS) is 15.4. The number of nitrogens with zero attached hydrogens (tertiary/aromatic N) is 2. The highest BCUT2D eigenvalue weighted by Crippen LogP contribution is 2.24. The molecule has 1 aliphatic rings. The molecule has 0 unspecified atom stereocenters. The summed E-state index contributed by atoms with van der Waals surface area (Å²) in [6.45, 7) is 0. The van der Waals surface area contributed by atoms with E-state index >= 15 is 0 Å². The lowest BCUT2D eigenvalue weighted by atomic mass is 10.1. The van der Waals surface area contributed by atoms with Crippen LogP contribution in [-0.2, 0) is 6.42 Å². The molecule has 0 saturated heterocycles. The Bertz CT molecular complexity index is 599. The van der Waals surface area contributed by atoms with Crippen molar-refractivity contribution in [2.24, 2.45) is 0 Å². The van der Waals surface area contributed by atoms with Crippen LogP contribution in [0.15, 0.2) is 29.2 Å². The van der Waals surface area contributed by atoms with E-state index < -0.39 is 18.3 Å². The topological polar surface area (TPSA) is 60.9 Å².